The molecule has 0 spiro atoms. The summed E-state index contributed by atoms with van der Waals surface area (Å²) in [5, 5.41) is 2.01. The minimum Gasteiger partial charge on any atom is -0.350 e. The highest BCUT2D eigenvalue weighted by Gasteiger charge is 2.49. The van der Waals surface area contributed by atoms with Gasteiger partial charge in [-0.05, 0) is 23.3 Å². The molecule has 122 valence electrons. The number of hydrogen-bond donors (Lipinski definition) is 1. The van der Waals surface area contributed by atoms with Gasteiger partial charge < -0.3 is 5.32 Å². The van der Waals surface area contributed by atoms with E-state index in [-0.39, 0.29) is 11.8 Å². The average Bonchev–Trinajstić information content (AvgIpc) is 3.03. The zero-order valence-electron chi connectivity index (χ0n) is 11.3. The number of rotatable bonds is 0. The number of nitrogens with one attached hydrogen (secondary N) is 1. The fourth-order valence-electron chi connectivity index (χ4n) is 2.42. The molecule has 1 N–H and O–H groups in total. The van der Waals surface area contributed by atoms with Crippen LogP contribution in [0, 0.1) is 0 Å². The van der Waals surface area contributed by atoms with Crippen LogP contribution < -0.4 is 5.32 Å². The molecule has 0 amide bonds. The van der Waals surface area contributed by atoms with Gasteiger partial charge in [-0.3, -0.25) is 9.98 Å². The molecule has 0 saturated heterocycles. The first-order valence-corrected chi connectivity index (χ1v) is 6.42. The third-order valence-electron chi connectivity index (χ3n) is 3.60. The maximum atomic E-state index is 13.0. The summed E-state index contributed by atoms with van der Waals surface area (Å²) >= 11 is 0. The fraction of sp³-hybridized carbons (Fsp3) is 0.286. The third kappa shape index (κ3) is 2.82. The topological polar surface area (TPSA) is 37.3 Å². The van der Waals surface area contributed by atoms with Crippen LogP contribution in [0.4, 0.5) is 32.0 Å². The van der Waals surface area contributed by atoms with Crippen LogP contribution in [0.2, 0.25) is 0 Å². The van der Waals surface area contributed by atoms with Gasteiger partial charge in [0.25, 0.3) is 0 Å². The summed E-state index contributed by atoms with van der Waals surface area (Å²) in [6.45, 7) is 3.64. The summed E-state index contributed by atoms with van der Waals surface area (Å²) in [7, 11) is 0. The molecule has 3 nitrogen and oxygen atoms in total. The van der Waals surface area contributed by atoms with Crippen LogP contribution in [-0.2, 0) is 0 Å². The number of allylic oxidation sites excluding steroid dienone is 2. The van der Waals surface area contributed by atoms with Crippen molar-refractivity contribution < 1.29 is 26.3 Å². The van der Waals surface area contributed by atoms with Gasteiger partial charge in [0.15, 0.2) is 0 Å². The maximum Gasteiger partial charge on any atom is 0.432 e. The van der Waals surface area contributed by atoms with Crippen LogP contribution >= 0.6 is 0 Å². The summed E-state index contributed by atoms with van der Waals surface area (Å²) in [6.07, 6.45) is -7.53. The number of anilines is 1. The quantitative estimate of drug-likeness (QED) is 0.576. The van der Waals surface area contributed by atoms with E-state index >= 15 is 0 Å². The van der Waals surface area contributed by atoms with Crippen molar-refractivity contribution in [3.8, 4) is 0 Å². The first-order chi connectivity index (χ1) is 10.6. The highest BCUT2D eigenvalue weighted by molar-refractivity contribution is 6.01. The predicted octanol–water partition coefficient (Wildman–Crippen LogP) is 3.98. The van der Waals surface area contributed by atoms with Crippen molar-refractivity contribution in [1.82, 2.24) is 4.98 Å². The van der Waals surface area contributed by atoms with E-state index in [1.54, 1.807) is 0 Å². The second-order valence-corrected chi connectivity index (χ2v) is 5.15. The molecule has 1 saturated carbocycles. The van der Waals surface area contributed by atoms with Gasteiger partial charge in [0.2, 0.25) is 0 Å². The number of nitrogens with zero attached hydrogens (tertiary/aromatic N) is 2. The molecule has 0 aromatic carbocycles. The molecule has 9 heteroatoms. The second kappa shape index (κ2) is 4.84. The van der Waals surface area contributed by atoms with Crippen LogP contribution in [0.25, 0.3) is 0 Å². The van der Waals surface area contributed by atoms with Crippen molar-refractivity contribution in [1.29, 1.82) is 0 Å². The van der Waals surface area contributed by atoms with E-state index in [4.69, 9.17) is 0 Å². The predicted molar refractivity (Wildman–Crippen MR) is 71.2 cm³/mol. The van der Waals surface area contributed by atoms with E-state index in [1.807, 2.05) is 5.32 Å². The molecule has 1 aromatic rings. The summed E-state index contributed by atoms with van der Waals surface area (Å²) in [4.78, 5) is 7.16. The SMILES string of the molecule is C=C1C2N=C(C(F)(F)F)/C=C(/C(F)(F)F)Nc3cnccc3C12. The largest absolute Gasteiger partial charge is 0.432 e. The molecule has 0 bridgehead atoms. The molecule has 1 aliphatic heterocycles. The Morgan fingerprint density at radius 1 is 1.09 bits per heavy atom. The minimum atomic E-state index is -5.00. The smallest absolute Gasteiger partial charge is 0.350 e. The number of halogens is 6. The Hall–Kier alpha value is -2.32. The minimum absolute atomic E-state index is 0.0108. The Morgan fingerprint density at radius 3 is 2.39 bits per heavy atom. The van der Waals surface area contributed by atoms with E-state index in [2.05, 4.69) is 16.6 Å². The average molecular weight is 333 g/mol. The van der Waals surface area contributed by atoms with Gasteiger partial charge in [-0.25, -0.2) is 0 Å². The Labute approximate surface area is 126 Å². The van der Waals surface area contributed by atoms with Gasteiger partial charge in [-0.2, -0.15) is 26.3 Å². The lowest BCUT2D eigenvalue weighted by Crippen LogP contribution is -2.26. The van der Waals surface area contributed by atoms with Gasteiger partial charge in [0.1, 0.15) is 11.4 Å². The maximum absolute atomic E-state index is 13.0. The Morgan fingerprint density at radius 2 is 1.78 bits per heavy atom. The Bertz CT molecular complexity index is 729. The van der Waals surface area contributed by atoms with Crippen LogP contribution in [-0.4, -0.2) is 29.1 Å². The van der Waals surface area contributed by atoms with Crippen LogP contribution in [0.1, 0.15) is 11.5 Å². The zero-order valence-corrected chi connectivity index (χ0v) is 11.3. The number of aromatic nitrogens is 1. The van der Waals surface area contributed by atoms with Gasteiger partial charge in [0, 0.05) is 12.1 Å². The normalized spacial score (nSPS) is 26.4. The molecule has 2 atom stereocenters. The van der Waals surface area contributed by atoms with E-state index in [0.717, 1.165) is 6.20 Å². The standard InChI is InChI=1S/C14H9F6N3/c1-6-11-7-2-3-21-5-8(7)22-9(13(15,16)17)4-10(14(18,19)20)23-12(6)11/h2-5,11-12,22H,1H2/b9-4-,23-10?. The van der Waals surface area contributed by atoms with E-state index in [1.165, 1.54) is 12.3 Å². The van der Waals surface area contributed by atoms with Crippen molar-refractivity contribution in [3.63, 3.8) is 0 Å². The van der Waals surface area contributed by atoms with Crippen molar-refractivity contribution in [2.75, 3.05) is 5.32 Å². The highest BCUT2D eigenvalue weighted by atomic mass is 19.4. The number of aliphatic imine (C=N–C) groups is 1. The van der Waals surface area contributed by atoms with E-state index in [9.17, 15) is 26.3 Å². The fourth-order valence-corrected chi connectivity index (χ4v) is 2.42. The van der Waals surface area contributed by atoms with Crippen LogP contribution in [0.5, 0.6) is 0 Å². The van der Waals surface area contributed by atoms with Gasteiger partial charge in [-0.15, -0.1) is 0 Å². The van der Waals surface area contributed by atoms with E-state index < -0.39 is 35.7 Å². The van der Waals surface area contributed by atoms with Crippen molar-refractivity contribution in [3.05, 3.63) is 47.9 Å². The van der Waals surface area contributed by atoms with Crippen LogP contribution in [0.3, 0.4) is 0 Å². The number of pyridine rings is 1. The number of hydrogen-bond acceptors (Lipinski definition) is 3. The molecule has 2 unspecified atom stereocenters. The highest BCUT2D eigenvalue weighted by Crippen LogP contribution is 2.52. The summed E-state index contributed by atoms with van der Waals surface area (Å²) in [5.74, 6) is -0.557. The molecule has 2 heterocycles. The van der Waals surface area contributed by atoms with Crippen molar-refractivity contribution >= 4 is 11.4 Å². The van der Waals surface area contributed by atoms with Crippen molar-refractivity contribution in [2.45, 2.75) is 24.3 Å². The molecule has 3 rings (SSSR count). The Kier molecular flexibility index (Phi) is 3.27. The first kappa shape index (κ1) is 15.6. The lowest BCUT2D eigenvalue weighted by atomic mass is 10.1. The third-order valence-corrected chi connectivity index (χ3v) is 3.60. The molecule has 0 radical (unpaired) electrons. The van der Waals surface area contributed by atoms with E-state index in [0.29, 0.717) is 11.1 Å². The summed E-state index contributed by atoms with van der Waals surface area (Å²) in [5.41, 5.74) is -2.34. The lowest BCUT2D eigenvalue weighted by molar-refractivity contribution is -0.0904. The van der Waals surface area contributed by atoms with Gasteiger partial charge in [-0.1, -0.05) is 6.58 Å². The molecule has 2 aliphatic rings. The van der Waals surface area contributed by atoms with Crippen LogP contribution in [0.15, 0.2) is 47.4 Å². The van der Waals surface area contributed by atoms with Gasteiger partial charge >= 0.3 is 12.4 Å². The number of fused-ring (bicyclic) bond motifs is 3. The van der Waals surface area contributed by atoms with Crippen molar-refractivity contribution in [2.24, 2.45) is 4.99 Å². The Balaban J connectivity index is 2.18. The second-order valence-electron chi connectivity index (χ2n) is 5.15. The monoisotopic (exact) mass is 333 g/mol. The lowest BCUT2D eigenvalue weighted by Gasteiger charge is -2.17. The number of alkyl halides is 6. The molecule has 1 aromatic heterocycles. The molecular weight excluding hydrogens is 324 g/mol. The van der Waals surface area contributed by atoms with Gasteiger partial charge in [0.05, 0.1) is 17.9 Å². The zero-order chi connectivity index (χ0) is 17.0. The summed E-state index contributed by atoms with van der Waals surface area (Å²) < 4.78 is 78.1. The molecule has 1 aliphatic carbocycles. The molecule has 1 fully saturated rings. The first-order valence-electron chi connectivity index (χ1n) is 6.42. The molecule has 23 heavy (non-hydrogen) atoms. The summed E-state index contributed by atoms with van der Waals surface area (Å²) in [6, 6.07) is 0.554. The molecular formula is C14H9F6N3.